The van der Waals surface area contributed by atoms with Crippen molar-refractivity contribution in [2.75, 3.05) is 0 Å². The van der Waals surface area contributed by atoms with Gasteiger partial charge in [0.2, 0.25) is 0 Å². The summed E-state index contributed by atoms with van der Waals surface area (Å²) in [7, 11) is 0. The number of nitrogens with one attached hydrogen (secondary N) is 1. The van der Waals surface area contributed by atoms with Crippen LogP contribution in [-0.2, 0) is 0 Å². The molecule has 1 atom stereocenters. The summed E-state index contributed by atoms with van der Waals surface area (Å²) in [4.78, 5) is 21.2. The molecule has 0 amide bonds. The minimum Gasteiger partial charge on any atom is -0.349 e. The first-order valence-electron chi connectivity index (χ1n) is 8.55. The molecule has 4 rings (SSSR count). The molecular formula is C20H18FN3OS. The van der Waals surface area contributed by atoms with Crippen molar-refractivity contribution in [3.8, 4) is 5.69 Å². The largest absolute Gasteiger partial charge is 0.349 e. The Balaban J connectivity index is 2.09. The average Bonchev–Trinajstić information content (AvgIpc) is 3.02. The van der Waals surface area contributed by atoms with E-state index in [0.29, 0.717) is 16.2 Å². The summed E-state index contributed by atoms with van der Waals surface area (Å²) in [5.41, 5.74) is 1.79. The van der Waals surface area contributed by atoms with E-state index in [1.807, 2.05) is 24.3 Å². The van der Waals surface area contributed by atoms with Gasteiger partial charge in [-0.25, -0.2) is 9.37 Å². The number of benzene rings is 2. The number of fused-ring (bicyclic) bond motifs is 3. The maximum Gasteiger partial charge on any atom is 0.283 e. The topological polar surface area (TPSA) is 50.7 Å². The molecule has 0 saturated heterocycles. The van der Waals surface area contributed by atoms with Crippen LogP contribution in [0.15, 0.2) is 58.5 Å². The van der Waals surface area contributed by atoms with Crippen LogP contribution in [0.1, 0.15) is 20.3 Å². The van der Waals surface area contributed by atoms with Crippen molar-refractivity contribution in [2.24, 2.45) is 0 Å². The number of aromatic amines is 1. The number of hydrogen-bond acceptors (Lipinski definition) is 3. The first kappa shape index (κ1) is 16.8. The fourth-order valence-corrected chi connectivity index (χ4v) is 3.89. The van der Waals surface area contributed by atoms with Gasteiger partial charge in [0, 0.05) is 16.2 Å². The van der Waals surface area contributed by atoms with Crippen molar-refractivity contribution in [1.82, 2.24) is 14.5 Å². The predicted molar refractivity (Wildman–Crippen MR) is 105 cm³/mol. The summed E-state index contributed by atoms with van der Waals surface area (Å²) in [5, 5.41) is 1.65. The predicted octanol–water partition coefficient (Wildman–Crippen LogP) is 4.90. The lowest BCUT2D eigenvalue weighted by molar-refractivity contribution is 0.608. The molecule has 2 aromatic carbocycles. The highest BCUT2D eigenvalue weighted by molar-refractivity contribution is 7.99. The number of thioether (sulfide) groups is 1. The Hall–Kier alpha value is -2.60. The number of rotatable bonds is 4. The number of halogens is 1. The Kier molecular flexibility index (Phi) is 4.28. The van der Waals surface area contributed by atoms with Crippen molar-refractivity contribution < 1.29 is 4.39 Å². The monoisotopic (exact) mass is 367 g/mol. The molecule has 0 aliphatic rings. The molecule has 0 fully saturated rings. The van der Waals surface area contributed by atoms with Gasteiger partial charge in [-0.1, -0.05) is 55.9 Å². The normalized spacial score (nSPS) is 12.7. The van der Waals surface area contributed by atoms with E-state index in [2.05, 4.69) is 18.8 Å². The minimum absolute atomic E-state index is 0.219. The van der Waals surface area contributed by atoms with Gasteiger partial charge < -0.3 is 4.98 Å². The summed E-state index contributed by atoms with van der Waals surface area (Å²) >= 11 is 1.49. The van der Waals surface area contributed by atoms with Crippen LogP contribution in [0.4, 0.5) is 4.39 Å². The number of para-hydroxylation sites is 2. The SMILES string of the molecule is CCC(C)Sc1nc2c([nH]c3ccccc32)c(=O)n1-c1ccccc1F. The highest BCUT2D eigenvalue weighted by Crippen LogP contribution is 2.29. The lowest BCUT2D eigenvalue weighted by Gasteiger charge is -2.15. The summed E-state index contributed by atoms with van der Waals surface area (Å²) in [6.45, 7) is 4.15. The highest BCUT2D eigenvalue weighted by atomic mass is 32.2. The van der Waals surface area contributed by atoms with Crippen LogP contribution in [0.2, 0.25) is 0 Å². The molecule has 0 saturated carbocycles. The molecule has 0 aliphatic carbocycles. The highest BCUT2D eigenvalue weighted by Gasteiger charge is 2.20. The Labute approximate surface area is 154 Å². The second kappa shape index (κ2) is 6.61. The van der Waals surface area contributed by atoms with Gasteiger partial charge in [0.1, 0.15) is 16.9 Å². The van der Waals surface area contributed by atoms with Crippen LogP contribution in [0.3, 0.4) is 0 Å². The second-order valence-corrected chi connectivity index (χ2v) is 7.62. The minimum atomic E-state index is -0.446. The molecular weight excluding hydrogens is 349 g/mol. The Morgan fingerprint density at radius 3 is 2.69 bits per heavy atom. The lowest BCUT2D eigenvalue weighted by atomic mass is 10.2. The number of aromatic nitrogens is 3. The van der Waals surface area contributed by atoms with Crippen molar-refractivity contribution in [1.29, 1.82) is 0 Å². The van der Waals surface area contributed by atoms with Crippen LogP contribution < -0.4 is 5.56 Å². The third-order valence-corrected chi connectivity index (χ3v) is 5.69. The molecule has 0 radical (unpaired) electrons. The summed E-state index contributed by atoms with van der Waals surface area (Å²) < 4.78 is 15.8. The summed E-state index contributed by atoms with van der Waals surface area (Å²) in [6.07, 6.45) is 0.920. The van der Waals surface area contributed by atoms with Gasteiger partial charge in [0.25, 0.3) is 5.56 Å². The van der Waals surface area contributed by atoms with E-state index in [1.54, 1.807) is 18.2 Å². The molecule has 26 heavy (non-hydrogen) atoms. The second-order valence-electron chi connectivity index (χ2n) is 6.22. The van der Waals surface area contributed by atoms with E-state index in [4.69, 9.17) is 4.98 Å². The van der Waals surface area contributed by atoms with Crippen molar-refractivity contribution in [3.05, 3.63) is 64.7 Å². The zero-order chi connectivity index (χ0) is 18.3. The van der Waals surface area contributed by atoms with Crippen LogP contribution in [-0.4, -0.2) is 19.8 Å². The first-order chi connectivity index (χ1) is 12.6. The number of H-pyrrole nitrogens is 1. The molecule has 1 N–H and O–H groups in total. The van der Waals surface area contributed by atoms with E-state index in [-0.39, 0.29) is 16.5 Å². The maximum absolute atomic E-state index is 14.5. The molecule has 2 heterocycles. The van der Waals surface area contributed by atoms with E-state index in [9.17, 15) is 9.18 Å². The zero-order valence-corrected chi connectivity index (χ0v) is 15.3. The Morgan fingerprint density at radius 2 is 1.92 bits per heavy atom. The molecule has 4 nitrogen and oxygen atoms in total. The van der Waals surface area contributed by atoms with Gasteiger partial charge in [-0.3, -0.25) is 9.36 Å². The van der Waals surface area contributed by atoms with Gasteiger partial charge >= 0.3 is 0 Å². The van der Waals surface area contributed by atoms with Gasteiger partial charge in [-0.2, -0.15) is 0 Å². The van der Waals surface area contributed by atoms with Crippen molar-refractivity contribution >= 4 is 33.7 Å². The van der Waals surface area contributed by atoms with Crippen LogP contribution in [0.25, 0.3) is 27.6 Å². The molecule has 0 spiro atoms. The average molecular weight is 367 g/mol. The zero-order valence-electron chi connectivity index (χ0n) is 14.5. The van der Waals surface area contributed by atoms with Gasteiger partial charge in [0.15, 0.2) is 5.16 Å². The Bertz CT molecular complexity index is 1160. The molecule has 2 aromatic heterocycles. The summed E-state index contributed by atoms with van der Waals surface area (Å²) in [6, 6.07) is 14.0. The van der Waals surface area contributed by atoms with Gasteiger partial charge in [-0.05, 0) is 24.6 Å². The van der Waals surface area contributed by atoms with Gasteiger partial charge in [0.05, 0.1) is 5.69 Å². The molecule has 1 unspecified atom stereocenters. The fourth-order valence-electron chi connectivity index (χ4n) is 2.93. The van der Waals surface area contributed by atoms with E-state index >= 15 is 0 Å². The maximum atomic E-state index is 14.5. The van der Waals surface area contributed by atoms with E-state index in [0.717, 1.165) is 17.3 Å². The smallest absolute Gasteiger partial charge is 0.283 e. The van der Waals surface area contributed by atoms with Crippen molar-refractivity contribution in [3.63, 3.8) is 0 Å². The molecule has 0 aliphatic heterocycles. The van der Waals surface area contributed by atoms with Crippen molar-refractivity contribution in [2.45, 2.75) is 30.7 Å². The standard InChI is InChI=1S/C20H18FN3OS/c1-3-12(2)26-20-23-17-13-8-4-6-10-15(13)22-18(17)19(25)24(20)16-11-7-5-9-14(16)21/h4-12,22H,3H2,1-2H3. The quantitative estimate of drug-likeness (QED) is 0.412. The number of nitrogens with zero attached hydrogens (tertiary/aromatic N) is 2. The third kappa shape index (κ3) is 2.70. The fraction of sp³-hybridized carbons (Fsp3) is 0.200. The molecule has 0 bridgehead atoms. The van der Waals surface area contributed by atoms with Crippen LogP contribution in [0.5, 0.6) is 0 Å². The third-order valence-electron chi connectivity index (χ3n) is 4.47. The molecule has 4 aromatic rings. The van der Waals surface area contributed by atoms with E-state index < -0.39 is 5.82 Å². The molecule has 6 heteroatoms. The van der Waals surface area contributed by atoms with Crippen LogP contribution >= 0.6 is 11.8 Å². The molecule has 132 valence electrons. The van der Waals surface area contributed by atoms with E-state index in [1.165, 1.54) is 22.4 Å². The first-order valence-corrected chi connectivity index (χ1v) is 9.43. The van der Waals surface area contributed by atoms with Crippen LogP contribution in [0, 0.1) is 5.82 Å². The Morgan fingerprint density at radius 1 is 1.19 bits per heavy atom. The lowest BCUT2D eigenvalue weighted by Crippen LogP contribution is -2.23. The summed E-state index contributed by atoms with van der Waals surface area (Å²) in [5.74, 6) is -0.446. The van der Waals surface area contributed by atoms with Gasteiger partial charge in [-0.15, -0.1) is 0 Å². The number of hydrogen-bond donors (Lipinski definition) is 1.